The molecule has 0 unspecified atom stereocenters. The molecular weight excluding hydrogens is 364 g/mol. The summed E-state index contributed by atoms with van der Waals surface area (Å²) in [6, 6.07) is 8.55. The van der Waals surface area contributed by atoms with E-state index in [0.29, 0.717) is 12.5 Å². The molecule has 0 atom stereocenters. The minimum absolute atomic E-state index is 0.0299. The van der Waals surface area contributed by atoms with Crippen LogP contribution in [0.1, 0.15) is 57.1 Å². The third-order valence-corrected chi connectivity index (χ3v) is 7.27. The maximum absolute atomic E-state index is 13.8. The van der Waals surface area contributed by atoms with Crippen molar-refractivity contribution in [1.29, 1.82) is 0 Å². The fourth-order valence-corrected chi connectivity index (χ4v) is 6.07. The summed E-state index contributed by atoms with van der Waals surface area (Å²) in [6.45, 7) is 8.88. The number of nitrogens with zero attached hydrogens (tertiary/aromatic N) is 2. The fraction of sp³-hybridized carbons (Fsp3) is 0.500. The van der Waals surface area contributed by atoms with Crippen molar-refractivity contribution >= 4 is 11.8 Å². The van der Waals surface area contributed by atoms with Crippen LogP contribution in [-0.2, 0) is 18.4 Å². The Hall–Kier alpha value is -1.81. The van der Waals surface area contributed by atoms with E-state index < -0.39 is 0 Å². The quantitative estimate of drug-likeness (QED) is 0.363. The van der Waals surface area contributed by atoms with Crippen LogP contribution in [0.5, 0.6) is 0 Å². The first-order chi connectivity index (χ1) is 13.6. The van der Waals surface area contributed by atoms with Crippen LogP contribution in [0.2, 0.25) is 0 Å². The number of hydrogen-bond acceptors (Lipinski definition) is 3. The Kier molecular flexibility index (Phi) is 5.50. The van der Waals surface area contributed by atoms with E-state index in [-0.39, 0.29) is 11.0 Å². The lowest BCUT2D eigenvalue weighted by Gasteiger charge is -2.36. The number of rotatable bonds is 6. The summed E-state index contributed by atoms with van der Waals surface area (Å²) in [5, 5.41) is 0.842. The van der Waals surface area contributed by atoms with Crippen molar-refractivity contribution in [2.45, 2.75) is 69.5 Å². The van der Waals surface area contributed by atoms with Gasteiger partial charge in [0.2, 0.25) is 0 Å². The van der Waals surface area contributed by atoms with Crippen LogP contribution in [0, 0.1) is 5.92 Å². The molecule has 148 valence electrons. The molecule has 1 saturated carbocycles. The van der Waals surface area contributed by atoms with Crippen LogP contribution in [-0.4, -0.2) is 15.3 Å². The van der Waals surface area contributed by atoms with E-state index in [1.807, 2.05) is 10.6 Å². The molecule has 3 nitrogen and oxygen atoms in total. The second-order valence-corrected chi connectivity index (χ2v) is 9.74. The topological polar surface area (TPSA) is 34.9 Å². The molecule has 4 heteroatoms. The number of benzene rings is 1. The molecule has 4 rings (SSSR count). The van der Waals surface area contributed by atoms with Gasteiger partial charge in [0, 0.05) is 23.3 Å². The van der Waals surface area contributed by atoms with Crippen molar-refractivity contribution in [3.05, 3.63) is 58.4 Å². The molecule has 28 heavy (non-hydrogen) atoms. The Morgan fingerprint density at radius 2 is 2.04 bits per heavy atom. The maximum atomic E-state index is 13.8. The van der Waals surface area contributed by atoms with Gasteiger partial charge < -0.3 is 0 Å². The van der Waals surface area contributed by atoms with Crippen LogP contribution < -0.4 is 5.56 Å². The Labute approximate surface area is 172 Å². The molecule has 1 fully saturated rings. The van der Waals surface area contributed by atoms with Crippen molar-refractivity contribution in [2.24, 2.45) is 5.92 Å². The third kappa shape index (κ3) is 3.36. The molecule has 0 aliphatic heterocycles. The van der Waals surface area contributed by atoms with E-state index >= 15 is 0 Å². The van der Waals surface area contributed by atoms with Gasteiger partial charge in [-0.2, -0.15) is 0 Å². The summed E-state index contributed by atoms with van der Waals surface area (Å²) in [4.78, 5) is 18.9. The smallest absolute Gasteiger partial charge is 0.258 e. The second-order valence-electron chi connectivity index (χ2n) is 8.67. The van der Waals surface area contributed by atoms with Gasteiger partial charge in [0.25, 0.3) is 5.56 Å². The summed E-state index contributed by atoms with van der Waals surface area (Å²) in [7, 11) is 0. The summed E-state index contributed by atoms with van der Waals surface area (Å²) < 4.78 is 1.87. The van der Waals surface area contributed by atoms with E-state index in [0.717, 1.165) is 53.4 Å². The maximum Gasteiger partial charge on any atom is 0.258 e. The highest BCUT2D eigenvalue weighted by Gasteiger charge is 2.44. The third-order valence-electron chi connectivity index (χ3n) is 6.26. The normalized spacial score (nSPS) is 17.0. The van der Waals surface area contributed by atoms with Crippen LogP contribution in [0.4, 0.5) is 0 Å². The minimum atomic E-state index is -0.0299. The van der Waals surface area contributed by atoms with Crippen LogP contribution in [0.15, 0.2) is 46.9 Å². The number of fused-ring (bicyclic) bond motifs is 4. The SMILES string of the molecule is C=CCn1c(SCCC(C)C)nc2c(c1=O)C1(CCCC1)Cc1ccccc1-2. The zero-order chi connectivity index (χ0) is 19.7. The largest absolute Gasteiger partial charge is 0.283 e. The van der Waals surface area contributed by atoms with Crippen molar-refractivity contribution in [3.8, 4) is 11.3 Å². The van der Waals surface area contributed by atoms with E-state index in [1.54, 1.807) is 11.8 Å². The number of allylic oxidation sites excluding steroid dienone is 1. The van der Waals surface area contributed by atoms with Gasteiger partial charge in [-0.25, -0.2) is 4.98 Å². The molecule has 0 saturated heterocycles. The van der Waals surface area contributed by atoms with E-state index in [1.165, 1.54) is 18.4 Å². The van der Waals surface area contributed by atoms with Gasteiger partial charge in [-0.1, -0.05) is 68.8 Å². The number of aromatic nitrogens is 2. The first kappa shape index (κ1) is 19.5. The van der Waals surface area contributed by atoms with Gasteiger partial charge in [-0.05, 0) is 37.2 Å². The van der Waals surface area contributed by atoms with Crippen LogP contribution in [0.25, 0.3) is 11.3 Å². The lowest BCUT2D eigenvalue weighted by atomic mass is 9.68. The first-order valence-corrected chi connectivity index (χ1v) is 11.5. The zero-order valence-corrected chi connectivity index (χ0v) is 17.9. The molecule has 1 spiro atoms. The standard InChI is InChI=1S/C24H30N2OS/c1-4-14-26-22(27)20-21(25-23(26)28-15-11-17(2)3)19-10-6-5-9-18(19)16-24(20)12-7-8-13-24/h4-6,9-10,17H,1,7-8,11-16H2,2-3H3. The van der Waals surface area contributed by atoms with Crippen LogP contribution >= 0.6 is 11.8 Å². The van der Waals surface area contributed by atoms with Crippen LogP contribution in [0.3, 0.4) is 0 Å². The van der Waals surface area contributed by atoms with E-state index in [4.69, 9.17) is 4.98 Å². The molecule has 2 aliphatic rings. The number of thioether (sulfide) groups is 1. The highest BCUT2D eigenvalue weighted by atomic mass is 32.2. The zero-order valence-electron chi connectivity index (χ0n) is 17.0. The molecule has 1 aromatic carbocycles. The van der Waals surface area contributed by atoms with Gasteiger partial charge in [0.05, 0.1) is 11.3 Å². The van der Waals surface area contributed by atoms with Gasteiger partial charge >= 0.3 is 0 Å². The summed E-state index contributed by atoms with van der Waals surface area (Å²) >= 11 is 1.71. The predicted octanol–water partition coefficient (Wildman–Crippen LogP) is 5.60. The molecule has 0 radical (unpaired) electrons. The van der Waals surface area contributed by atoms with Crippen molar-refractivity contribution < 1.29 is 0 Å². The van der Waals surface area contributed by atoms with Crippen molar-refractivity contribution in [1.82, 2.24) is 9.55 Å². The summed E-state index contributed by atoms with van der Waals surface area (Å²) in [5.41, 5.74) is 4.55. The fourth-order valence-electron chi connectivity index (χ4n) is 4.83. The number of hydrogen-bond donors (Lipinski definition) is 0. The van der Waals surface area contributed by atoms with Gasteiger partial charge in [-0.15, -0.1) is 6.58 Å². The van der Waals surface area contributed by atoms with Gasteiger partial charge in [-0.3, -0.25) is 9.36 Å². The van der Waals surface area contributed by atoms with Gasteiger partial charge in [0.1, 0.15) is 0 Å². The van der Waals surface area contributed by atoms with Crippen molar-refractivity contribution in [2.75, 3.05) is 5.75 Å². The monoisotopic (exact) mass is 394 g/mol. The van der Waals surface area contributed by atoms with Gasteiger partial charge in [0.15, 0.2) is 5.16 Å². The first-order valence-electron chi connectivity index (χ1n) is 10.5. The predicted molar refractivity (Wildman–Crippen MR) is 118 cm³/mol. The molecule has 1 heterocycles. The molecule has 2 aliphatic carbocycles. The lowest BCUT2D eigenvalue weighted by Crippen LogP contribution is -2.40. The second kappa shape index (κ2) is 7.90. The summed E-state index contributed by atoms with van der Waals surface area (Å²) in [5.74, 6) is 1.62. The Bertz CT molecular complexity index is 938. The molecule has 1 aromatic heterocycles. The van der Waals surface area contributed by atoms with E-state index in [2.05, 4.69) is 44.7 Å². The molecule has 2 aromatic rings. The Morgan fingerprint density at radius 1 is 1.29 bits per heavy atom. The average Bonchev–Trinajstić information content (AvgIpc) is 3.12. The lowest BCUT2D eigenvalue weighted by molar-refractivity contribution is 0.418. The highest BCUT2D eigenvalue weighted by molar-refractivity contribution is 7.99. The highest BCUT2D eigenvalue weighted by Crippen LogP contribution is 2.49. The van der Waals surface area contributed by atoms with Crippen molar-refractivity contribution in [3.63, 3.8) is 0 Å². The minimum Gasteiger partial charge on any atom is -0.283 e. The molecule has 0 amide bonds. The Morgan fingerprint density at radius 3 is 2.75 bits per heavy atom. The average molecular weight is 395 g/mol. The molecule has 0 bridgehead atoms. The van der Waals surface area contributed by atoms with E-state index in [9.17, 15) is 4.79 Å². The Balaban J connectivity index is 1.90. The molecular formula is C24H30N2OS. The molecule has 0 N–H and O–H groups in total. The summed E-state index contributed by atoms with van der Waals surface area (Å²) in [6.07, 6.45) is 8.51.